The summed E-state index contributed by atoms with van der Waals surface area (Å²) >= 11 is 1.73. The summed E-state index contributed by atoms with van der Waals surface area (Å²) in [5.74, 6) is 0.141. The SMILES string of the molecule is CN(CCCNC(=O)CCCc1nc2ccccc2s1)Cc1ccccc1. The molecule has 1 amide bonds. The van der Waals surface area contributed by atoms with Crippen LogP contribution in [0, 0.1) is 0 Å². The Bertz CT molecular complexity index is 814. The first kappa shape index (κ1) is 19.5. The molecule has 0 aliphatic heterocycles. The number of hydrogen-bond donors (Lipinski definition) is 1. The van der Waals surface area contributed by atoms with Gasteiger partial charge in [-0.3, -0.25) is 4.79 Å². The molecule has 0 spiro atoms. The maximum Gasteiger partial charge on any atom is 0.220 e. The highest BCUT2D eigenvalue weighted by Gasteiger charge is 2.06. The maximum atomic E-state index is 12.0. The van der Waals surface area contributed by atoms with Crippen molar-refractivity contribution in [2.45, 2.75) is 32.2 Å². The highest BCUT2D eigenvalue weighted by atomic mass is 32.1. The van der Waals surface area contributed by atoms with Gasteiger partial charge in [-0.05, 0) is 50.6 Å². The van der Waals surface area contributed by atoms with Gasteiger partial charge in [-0.1, -0.05) is 42.5 Å². The van der Waals surface area contributed by atoms with Crippen LogP contribution in [0.5, 0.6) is 0 Å². The molecule has 27 heavy (non-hydrogen) atoms. The normalized spacial score (nSPS) is 11.2. The van der Waals surface area contributed by atoms with Crippen molar-refractivity contribution < 1.29 is 4.79 Å². The second kappa shape index (κ2) is 10.2. The molecule has 0 aliphatic carbocycles. The van der Waals surface area contributed by atoms with Crippen LogP contribution in [0.25, 0.3) is 10.2 Å². The van der Waals surface area contributed by atoms with Crippen LogP contribution in [0.15, 0.2) is 54.6 Å². The summed E-state index contributed by atoms with van der Waals surface area (Å²) in [6.07, 6.45) is 3.24. The Morgan fingerprint density at radius 1 is 1.07 bits per heavy atom. The molecule has 3 rings (SSSR count). The molecule has 0 saturated heterocycles. The smallest absolute Gasteiger partial charge is 0.220 e. The second-order valence-corrected chi connectivity index (χ2v) is 7.97. The summed E-state index contributed by atoms with van der Waals surface area (Å²) in [7, 11) is 2.12. The van der Waals surface area contributed by atoms with E-state index in [0.29, 0.717) is 6.42 Å². The van der Waals surface area contributed by atoms with Crippen LogP contribution in [0.1, 0.15) is 29.8 Å². The molecule has 0 radical (unpaired) electrons. The lowest BCUT2D eigenvalue weighted by Crippen LogP contribution is -2.28. The lowest BCUT2D eigenvalue weighted by atomic mass is 10.2. The molecule has 1 N–H and O–H groups in total. The number of carbonyl (C=O) groups excluding carboxylic acids is 1. The molecule has 142 valence electrons. The van der Waals surface area contributed by atoms with Crippen molar-refractivity contribution >= 4 is 27.5 Å². The van der Waals surface area contributed by atoms with Crippen molar-refractivity contribution in [1.82, 2.24) is 15.2 Å². The van der Waals surface area contributed by atoms with E-state index in [1.165, 1.54) is 10.3 Å². The Morgan fingerprint density at radius 2 is 1.85 bits per heavy atom. The molecule has 5 heteroatoms. The van der Waals surface area contributed by atoms with Crippen LogP contribution in [0.4, 0.5) is 0 Å². The van der Waals surface area contributed by atoms with Crippen molar-refractivity contribution in [3.63, 3.8) is 0 Å². The monoisotopic (exact) mass is 381 g/mol. The molecule has 1 heterocycles. The summed E-state index contributed by atoms with van der Waals surface area (Å²) in [5.41, 5.74) is 2.38. The fourth-order valence-corrected chi connectivity index (χ4v) is 4.08. The summed E-state index contributed by atoms with van der Waals surface area (Å²) in [5, 5.41) is 4.15. The number of nitrogens with zero attached hydrogens (tertiary/aromatic N) is 2. The number of rotatable bonds is 10. The zero-order valence-electron chi connectivity index (χ0n) is 15.9. The van der Waals surface area contributed by atoms with Gasteiger partial charge in [0.25, 0.3) is 0 Å². The number of benzene rings is 2. The lowest BCUT2D eigenvalue weighted by Gasteiger charge is -2.16. The van der Waals surface area contributed by atoms with Gasteiger partial charge >= 0.3 is 0 Å². The molecule has 4 nitrogen and oxygen atoms in total. The number of aryl methyl sites for hydroxylation is 1. The lowest BCUT2D eigenvalue weighted by molar-refractivity contribution is -0.121. The Hall–Kier alpha value is -2.24. The number of nitrogens with one attached hydrogen (secondary N) is 1. The highest BCUT2D eigenvalue weighted by Crippen LogP contribution is 2.22. The van der Waals surface area contributed by atoms with Crippen LogP contribution in [0.2, 0.25) is 0 Å². The van der Waals surface area contributed by atoms with Crippen molar-refractivity contribution in [3.8, 4) is 0 Å². The zero-order valence-corrected chi connectivity index (χ0v) is 16.7. The predicted molar refractivity (Wildman–Crippen MR) is 113 cm³/mol. The van der Waals surface area contributed by atoms with Gasteiger partial charge in [0.15, 0.2) is 0 Å². The highest BCUT2D eigenvalue weighted by molar-refractivity contribution is 7.18. The molecule has 0 bridgehead atoms. The average Bonchev–Trinajstić information content (AvgIpc) is 3.09. The second-order valence-electron chi connectivity index (χ2n) is 6.86. The first-order valence-corrected chi connectivity index (χ1v) is 10.4. The van der Waals surface area contributed by atoms with Gasteiger partial charge in [0.1, 0.15) is 0 Å². The number of hydrogen-bond acceptors (Lipinski definition) is 4. The topological polar surface area (TPSA) is 45.2 Å². The Balaban J connectivity index is 1.27. The van der Waals surface area contributed by atoms with E-state index >= 15 is 0 Å². The van der Waals surface area contributed by atoms with E-state index in [2.05, 4.69) is 52.6 Å². The van der Waals surface area contributed by atoms with E-state index in [1.54, 1.807) is 11.3 Å². The summed E-state index contributed by atoms with van der Waals surface area (Å²) in [6.45, 7) is 2.65. The van der Waals surface area contributed by atoms with Gasteiger partial charge in [0.2, 0.25) is 5.91 Å². The van der Waals surface area contributed by atoms with E-state index < -0.39 is 0 Å². The third-order valence-electron chi connectivity index (χ3n) is 4.47. The minimum Gasteiger partial charge on any atom is -0.356 e. The third kappa shape index (κ3) is 6.45. The number of fused-ring (bicyclic) bond motifs is 1. The summed E-state index contributed by atoms with van der Waals surface area (Å²) < 4.78 is 1.22. The van der Waals surface area contributed by atoms with Gasteiger partial charge in [0.05, 0.1) is 15.2 Å². The zero-order chi connectivity index (χ0) is 18.9. The quantitative estimate of drug-likeness (QED) is 0.534. The molecule has 0 aliphatic rings. The van der Waals surface area contributed by atoms with E-state index in [9.17, 15) is 4.79 Å². The first-order valence-electron chi connectivity index (χ1n) is 9.54. The molecule has 0 unspecified atom stereocenters. The molecule has 1 aromatic heterocycles. The number of carbonyl (C=O) groups is 1. The summed E-state index contributed by atoms with van der Waals surface area (Å²) in [4.78, 5) is 18.9. The Labute approximate surface area is 165 Å². The van der Waals surface area contributed by atoms with Crippen molar-refractivity contribution in [3.05, 3.63) is 65.2 Å². The predicted octanol–water partition coefficient (Wildman–Crippen LogP) is 4.26. The van der Waals surface area contributed by atoms with Crippen molar-refractivity contribution in [2.24, 2.45) is 0 Å². The third-order valence-corrected chi connectivity index (χ3v) is 5.56. The molecule has 0 atom stereocenters. The molecule has 0 fully saturated rings. The van der Waals surface area contributed by atoms with Crippen LogP contribution in [-0.4, -0.2) is 35.9 Å². The maximum absolute atomic E-state index is 12.0. The largest absolute Gasteiger partial charge is 0.356 e. The van der Waals surface area contributed by atoms with Gasteiger partial charge in [-0.25, -0.2) is 4.98 Å². The fraction of sp³-hybridized carbons (Fsp3) is 0.364. The summed E-state index contributed by atoms with van der Waals surface area (Å²) in [6, 6.07) is 18.6. The Kier molecular flexibility index (Phi) is 7.36. The molecular weight excluding hydrogens is 354 g/mol. The van der Waals surface area contributed by atoms with Crippen molar-refractivity contribution in [1.29, 1.82) is 0 Å². The van der Waals surface area contributed by atoms with Gasteiger partial charge in [-0.2, -0.15) is 0 Å². The van der Waals surface area contributed by atoms with E-state index in [0.717, 1.165) is 49.4 Å². The number of thiazole rings is 1. The van der Waals surface area contributed by atoms with Gasteiger partial charge < -0.3 is 10.2 Å². The van der Waals surface area contributed by atoms with E-state index in [4.69, 9.17) is 0 Å². The van der Waals surface area contributed by atoms with Crippen LogP contribution >= 0.6 is 11.3 Å². The van der Waals surface area contributed by atoms with Crippen molar-refractivity contribution in [2.75, 3.05) is 20.1 Å². The van der Waals surface area contributed by atoms with Crippen LogP contribution in [0.3, 0.4) is 0 Å². The first-order chi connectivity index (χ1) is 13.2. The number of para-hydroxylation sites is 1. The molecule has 0 saturated carbocycles. The molecule has 3 aromatic rings. The number of amides is 1. The molecular formula is C22H27N3OS. The fourth-order valence-electron chi connectivity index (χ4n) is 3.07. The molecule has 2 aromatic carbocycles. The van der Waals surface area contributed by atoms with Crippen LogP contribution in [-0.2, 0) is 17.8 Å². The minimum absolute atomic E-state index is 0.141. The standard InChI is InChI=1S/C22H27N3OS/c1-25(17-18-9-3-2-4-10-18)16-8-15-23-21(26)13-7-14-22-24-19-11-5-6-12-20(19)27-22/h2-6,9-12H,7-8,13-17H2,1H3,(H,23,26). The number of aromatic nitrogens is 1. The van der Waals surface area contributed by atoms with Crippen LogP contribution < -0.4 is 5.32 Å². The minimum atomic E-state index is 0.141. The van der Waals surface area contributed by atoms with E-state index in [1.807, 2.05) is 24.3 Å². The average molecular weight is 382 g/mol. The Morgan fingerprint density at radius 3 is 2.67 bits per heavy atom. The van der Waals surface area contributed by atoms with E-state index in [-0.39, 0.29) is 5.91 Å². The van der Waals surface area contributed by atoms with Gasteiger partial charge in [-0.15, -0.1) is 11.3 Å². The van der Waals surface area contributed by atoms with Gasteiger partial charge in [0, 0.05) is 19.5 Å².